The molecule has 0 aliphatic rings. The second kappa shape index (κ2) is 8.32. The third-order valence-corrected chi connectivity index (χ3v) is 5.32. The number of methoxy groups -OCH3 is 1. The molecule has 0 spiro atoms. The molecule has 1 amide bonds. The number of aryl methyl sites for hydroxylation is 1. The van der Waals surface area contributed by atoms with Crippen LogP contribution in [0.5, 0.6) is 5.75 Å². The number of ether oxygens (including phenoxy) is 1. The van der Waals surface area contributed by atoms with Gasteiger partial charge < -0.3 is 10.1 Å². The van der Waals surface area contributed by atoms with Crippen molar-refractivity contribution in [1.29, 1.82) is 0 Å². The third-order valence-electron chi connectivity index (χ3n) is 4.40. The summed E-state index contributed by atoms with van der Waals surface area (Å²) < 4.78 is 7.00. The summed E-state index contributed by atoms with van der Waals surface area (Å²) in [6.07, 6.45) is 0. The van der Waals surface area contributed by atoms with E-state index in [4.69, 9.17) is 4.74 Å². The van der Waals surface area contributed by atoms with Gasteiger partial charge in [-0.25, -0.2) is 0 Å². The number of thioether (sulfide) groups is 1. The second-order valence-corrected chi connectivity index (χ2v) is 7.35. The molecule has 1 aromatic heterocycles. The Labute approximate surface area is 172 Å². The van der Waals surface area contributed by atoms with Crippen LogP contribution >= 0.6 is 11.8 Å². The molecule has 146 valence electrons. The molecule has 1 heterocycles. The third kappa shape index (κ3) is 4.07. The Morgan fingerprint density at radius 2 is 1.97 bits per heavy atom. The molecule has 0 fully saturated rings. The highest BCUT2D eigenvalue weighted by Gasteiger charge is 2.15. The minimum Gasteiger partial charge on any atom is -0.494 e. The number of nitrogens with zero attached hydrogens (tertiary/aromatic N) is 4. The number of rotatable bonds is 6. The fourth-order valence-electron chi connectivity index (χ4n) is 3.04. The lowest BCUT2D eigenvalue weighted by atomic mass is 10.1. The molecule has 1 N–H and O–H groups in total. The van der Waals surface area contributed by atoms with Crippen LogP contribution in [0.25, 0.3) is 16.5 Å². The summed E-state index contributed by atoms with van der Waals surface area (Å²) in [4.78, 5) is 12.5. The number of fused-ring (bicyclic) bond motifs is 1. The van der Waals surface area contributed by atoms with Gasteiger partial charge in [-0.2, -0.15) is 4.68 Å². The first-order valence-electron chi connectivity index (χ1n) is 8.99. The molecule has 0 unspecified atom stereocenters. The lowest BCUT2D eigenvalue weighted by Crippen LogP contribution is -2.15. The Morgan fingerprint density at radius 3 is 2.83 bits per heavy atom. The van der Waals surface area contributed by atoms with Gasteiger partial charge in [-0.3, -0.25) is 4.79 Å². The summed E-state index contributed by atoms with van der Waals surface area (Å²) >= 11 is 1.27. The SMILES string of the molecule is COc1ccc(C)cc1-n1nnnc1SCC(=O)Nc1cccc2ccccc12. The van der Waals surface area contributed by atoms with Crippen molar-refractivity contribution >= 4 is 34.1 Å². The Bertz CT molecular complexity index is 1170. The van der Waals surface area contributed by atoms with Crippen molar-refractivity contribution in [1.82, 2.24) is 20.2 Å². The Hall–Kier alpha value is -3.39. The Morgan fingerprint density at radius 1 is 1.14 bits per heavy atom. The van der Waals surface area contributed by atoms with Gasteiger partial charge in [0.25, 0.3) is 0 Å². The van der Waals surface area contributed by atoms with Gasteiger partial charge in [0.15, 0.2) is 0 Å². The van der Waals surface area contributed by atoms with Gasteiger partial charge in [0.05, 0.1) is 12.9 Å². The lowest BCUT2D eigenvalue weighted by Gasteiger charge is -2.11. The fraction of sp³-hybridized carbons (Fsp3) is 0.143. The highest BCUT2D eigenvalue weighted by atomic mass is 32.2. The molecule has 7 nitrogen and oxygen atoms in total. The van der Waals surface area contributed by atoms with Crippen LogP contribution in [0, 0.1) is 6.92 Å². The molecule has 8 heteroatoms. The van der Waals surface area contributed by atoms with Gasteiger partial charge in [0, 0.05) is 11.1 Å². The summed E-state index contributed by atoms with van der Waals surface area (Å²) in [5, 5.41) is 17.5. The highest BCUT2D eigenvalue weighted by Crippen LogP contribution is 2.27. The van der Waals surface area contributed by atoms with E-state index in [-0.39, 0.29) is 11.7 Å². The van der Waals surface area contributed by atoms with E-state index in [1.54, 1.807) is 11.8 Å². The maximum absolute atomic E-state index is 12.5. The first kappa shape index (κ1) is 18.9. The van der Waals surface area contributed by atoms with Crippen molar-refractivity contribution < 1.29 is 9.53 Å². The van der Waals surface area contributed by atoms with E-state index in [2.05, 4.69) is 20.8 Å². The summed E-state index contributed by atoms with van der Waals surface area (Å²) in [6, 6.07) is 19.5. The smallest absolute Gasteiger partial charge is 0.234 e. The molecule has 3 aromatic carbocycles. The van der Waals surface area contributed by atoms with Gasteiger partial charge >= 0.3 is 0 Å². The predicted octanol–water partition coefficient (Wildman–Crippen LogP) is 3.86. The van der Waals surface area contributed by atoms with E-state index >= 15 is 0 Å². The lowest BCUT2D eigenvalue weighted by molar-refractivity contribution is -0.113. The number of hydrogen-bond donors (Lipinski definition) is 1. The Balaban J connectivity index is 1.50. The number of amides is 1. The second-order valence-electron chi connectivity index (χ2n) is 6.41. The number of benzene rings is 3. The van der Waals surface area contributed by atoms with E-state index in [1.807, 2.05) is 67.6 Å². The maximum atomic E-state index is 12.5. The molecule has 0 aliphatic heterocycles. The topological polar surface area (TPSA) is 81.9 Å². The van der Waals surface area contributed by atoms with Crippen molar-refractivity contribution in [2.45, 2.75) is 12.1 Å². The van der Waals surface area contributed by atoms with Crippen LogP contribution in [0.2, 0.25) is 0 Å². The maximum Gasteiger partial charge on any atom is 0.234 e. The van der Waals surface area contributed by atoms with E-state index in [1.165, 1.54) is 11.8 Å². The molecule has 0 saturated carbocycles. The van der Waals surface area contributed by atoms with Crippen LogP contribution in [0.3, 0.4) is 0 Å². The highest BCUT2D eigenvalue weighted by molar-refractivity contribution is 7.99. The number of nitrogens with one attached hydrogen (secondary N) is 1. The summed E-state index contributed by atoms with van der Waals surface area (Å²) in [7, 11) is 1.60. The molecule has 4 rings (SSSR count). The quantitative estimate of drug-likeness (QED) is 0.491. The zero-order valence-electron chi connectivity index (χ0n) is 16.0. The monoisotopic (exact) mass is 405 g/mol. The number of aromatic nitrogens is 4. The minimum absolute atomic E-state index is 0.128. The van der Waals surface area contributed by atoms with Crippen molar-refractivity contribution in [2.75, 3.05) is 18.2 Å². The van der Waals surface area contributed by atoms with Crippen LogP contribution in [0.15, 0.2) is 65.8 Å². The van der Waals surface area contributed by atoms with Gasteiger partial charge in [0.2, 0.25) is 11.1 Å². The number of hydrogen-bond acceptors (Lipinski definition) is 6. The zero-order valence-corrected chi connectivity index (χ0v) is 16.8. The van der Waals surface area contributed by atoms with E-state index in [9.17, 15) is 4.79 Å². The standard InChI is InChI=1S/C21H19N5O2S/c1-14-10-11-19(28-2)18(12-14)26-21(23-24-25-26)29-13-20(27)22-17-9-5-7-15-6-3-4-8-16(15)17/h3-12H,13H2,1-2H3,(H,22,27). The van der Waals surface area contributed by atoms with Crippen molar-refractivity contribution in [2.24, 2.45) is 0 Å². The van der Waals surface area contributed by atoms with Crippen LogP contribution in [-0.4, -0.2) is 39.0 Å². The van der Waals surface area contributed by atoms with Crippen LogP contribution in [0.4, 0.5) is 5.69 Å². The molecule has 4 aromatic rings. The largest absolute Gasteiger partial charge is 0.494 e. The summed E-state index contributed by atoms with van der Waals surface area (Å²) in [5.74, 6) is 0.708. The molecule has 0 bridgehead atoms. The average Bonchev–Trinajstić information content (AvgIpc) is 3.21. The van der Waals surface area contributed by atoms with Crippen molar-refractivity contribution in [3.8, 4) is 11.4 Å². The average molecular weight is 405 g/mol. The number of tetrazole rings is 1. The number of carbonyl (C=O) groups excluding carboxylic acids is 1. The van der Waals surface area contributed by atoms with E-state index in [0.717, 1.165) is 27.7 Å². The van der Waals surface area contributed by atoms with Crippen LogP contribution in [0.1, 0.15) is 5.56 Å². The molecule has 29 heavy (non-hydrogen) atoms. The molecule has 0 aliphatic carbocycles. The fourth-order valence-corrected chi connectivity index (χ4v) is 3.72. The first-order chi connectivity index (χ1) is 14.2. The van der Waals surface area contributed by atoms with E-state index in [0.29, 0.717) is 10.9 Å². The predicted molar refractivity (Wildman–Crippen MR) is 114 cm³/mol. The molecule has 0 atom stereocenters. The van der Waals surface area contributed by atoms with Crippen LogP contribution < -0.4 is 10.1 Å². The molecule has 0 radical (unpaired) electrons. The first-order valence-corrected chi connectivity index (χ1v) is 9.98. The van der Waals surface area contributed by atoms with Crippen molar-refractivity contribution in [3.63, 3.8) is 0 Å². The van der Waals surface area contributed by atoms with Gasteiger partial charge in [-0.1, -0.05) is 54.2 Å². The summed E-state index contributed by atoms with van der Waals surface area (Å²) in [6.45, 7) is 1.98. The molecular weight excluding hydrogens is 386 g/mol. The molecular formula is C21H19N5O2S. The zero-order chi connectivity index (χ0) is 20.2. The van der Waals surface area contributed by atoms with E-state index < -0.39 is 0 Å². The van der Waals surface area contributed by atoms with Gasteiger partial charge in [-0.15, -0.1) is 5.10 Å². The van der Waals surface area contributed by atoms with Gasteiger partial charge in [0.1, 0.15) is 11.4 Å². The minimum atomic E-state index is -0.128. The molecule has 0 saturated heterocycles. The Kier molecular flexibility index (Phi) is 5.44. The number of anilines is 1. The van der Waals surface area contributed by atoms with Crippen LogP contribution in [-0.2, 0) is 4.79 Å². The number of carbonyl (C=O) groups is 1. The normalized spacial score (nSPS) is 10.8. The van der Waals surface area contributed by atoms with Crippen molar-refractivity contribution in [3.05, 3.63) is 66.2 Å². The summed E-state index contributed by atoms with van der Waals surface area (Å²) in [5.41, 5.74) is 2.57. The van der Waals surface area contributed by atoms with Gasteiger partial charge in [-0.05, 0) is 46.5 Å².